The van der Waals surface area contributed by atoms with E-state index in [4.69, 9.17) is 0 Å². The van der Waals surface area contributed by atoms with Crippen molar-refractivity contribution in [1.82, 2.24) is 0 Å². The second kappa shape index (κ2) is 5.03. The maximum atomic E-state index is 14.1. The third-order valence-electron chi connectivity index (χ3n) is 3.81. The minimum atomic E-state index is 0.0338. The second-order valence-corrected chi connectivity index (χ2v) is 6.19. The molecule has 1 aliphatic rings. The Hall–Kier alpha value is -0.120. The van der Waals surface area contributed by atoms with E-state index in [0.29, 0.717) is 5.92 Å². The van der Waals surface area contributed by atoms with Crippen LogP contribution in [0.15, 0.2) is 12.1 Å². The Labute approximate surface area is 111 Å². The highest BCUT2D eigenvalue weighted by Gasteiger charge is 2.23. The summed E-state index contributed by atoms with van der Waals surface area (Å²) in [5.74, 6) is 1.31. The molecule has 0 bridgehead atoms. The highest BCUT2D eigenvalue weighted by Crippen LogP contribution is 2.37. The van der Waals surface area contributed by atoms with Crippen LogP contribution in [0.2, 0.25) is 0 Å². The van der Waals surface area contributed by atoms with E-state index in [0.717, 1.165) is 33.5 Å². The Bertz CT molecular complexity index is 379. The number of benzene rings is 1. The van der Waals surface area contributed by atoms with Gasteiger partial charge in [-0.15, -0.1) is 0 Å². The van der Waals surface area contributed by atoms with E-state index >= 15 is 0 Å². The van der Waals surface area contributed by atoms with Crippen LogP contribution in [0.5, 0.6) is 0 Å². The average molecular weight is 332 g/mol. The van der Waals surface area contributed by atoms with Crippen molar-refractivity contribution in [2.45, 2.75) is 45.4 Å². The van der Waals surface area contributed by atoms with Gasteiger partial charge in [0.1, 0.15) is 5.82 Å². The molecule has 0 amide bonds. The zero-order chi connectivity index (χ0) is 11.7. The molecule has 0 spiro atoms. The van der Waals surface area contributed by atoms with Crippen molar-refractivity contribution in [3.8, 4) is 0 Å². The van der Waals surface area contributed by atoms with Crippen LogP contribution in [0.25, 0.3) is 0 Å². The van der Waals surface area contributed by atoms with Gasteiger partial charge >= 0.3 is 0 Å². The van der Waals surface area contributed by atoms with E-state index in [-0.39, 0.29) is 5.82 Å². The summed E-state index contributed by atoms with van der Waals surface area (Å²) < 4.78 is 15.2. The molecule has 0 aromatic heterocycles. The van der Waals surface area contributed by atoms with Gasteiger partial charge in [0.2, 0.25) is 0 Å². The Kier molecular flexibility index (Phi) is 3.88. The van der Waals surface area contributed by atoms with Crippen LogP contribution < -0.4 is 0 Å². The number of hydrogen-bond acceptors (Lipinski definition) is 0. The molecule has 88 valence electrons. The molecule has 0 aliphatic heterocycles. The molecule has 2 rings (SSSR count). The van der Waals surface area contributed by atoms with E-state index < -0.39 is 0 Å². The molecule has 0 saturated heterocycles. The smallest absolute Gasteiger partial charge is 0.130 e. The van der Waals surface area contributed by atoms with Gasteiger partial charge < -0.3 is 0 Å². The lowest BCUT2D eigenvalue weighted by Crippen LogP contribution is -2.12. The molecule has 1 aromatic rings. The first kappa shape index (κ1) is 12.3. The molecule has 16 heavy (non-hydrogen) atoms. The van der Waals surface area contributed by atoms with E-state index in [1.165, 1.54) is 12.8 Å². The molecule has 1 aliphatic carbocycles. The van der Waals surface area contributed by atoms with Crippen LogP contribution in [0.3, 0.4) is 0 Å². The van der Waals surface area contributed by atoms with Crippen molar-refractivity contribution < 1.29 is 4.39 Å². The molecular formula is C14H18FI. The molecule has 0 atom stereocenters. The van der Waals surface area contributed by atoms with Crippen molar-refractivity contribution in [2.75, 3.05) is 0 Å². The van der Waals surface area contributed by atoms with E-state index in [2.05, 4.69) is 29.5 Å². The van der Waals surface area contributed by atoms with Gasteiger partial charge in [0.25, 0.3) is 0 Å². The molecule has 0 N–H and O–H groups in total. The van der Waals surface area contributed by atoms with Crippen molar-refractivity contribution in [2.24, 2.45) is 5.92 Å². The Morgan fingerprint density at radius 3 is 2.44 bits per heavy atom. The first-order chi connectivity index (χ1) is 7.59. The predicted octanol–water partition coefficient (Wildman–Crippen LogP) is 5.03. The van der Waals surface area contributed by atoms with Crippen LogP contribution in [0.4, 0.5) is 4.39 Å². The molecule has 0 heterocycles. The summed E-state index contributed by atoms with van der Waals surface area (Å²) in [6, 6.07) is 4.04. The molecule has 0 nitrogen and oxygen atoms in total. The maximum absolute atomic E-state index is 14.1. The van der Waals surface area contributed by atoms with Crippen molar-refractivity contribution in [3.63, 3.8) is 0 Å². The lowest BCUT2D eigenvalue weighted by Gasteiger charge is -2.27. The topological polar surface area (TPSA) is 0 Å². The van der Waals surface area contributed by atoms with Crippen LogP contribution in [0.1, 0.15) is 49.7 Å². The predicted molar refractivity (Wildman–Crippen MR) is 74.2 cm³/mol. The summed E-state index contributed by atoms with van der Waals surface area (Å²) in [6.07, 6.45) is 4.79. The molecule has 0 radical (unpaired) electrons. The molecule has 0 unspecified atom stereocenters. The highest BCUT2D eigenvalue weighted by molar-refractivity contribution is 14.1. The van der Waals surface area contributed by atoms with Gasteiger partial charge in [-0.25, -0.2) is 4.39 Å². The summed E-state index contributed by atoms with van der Waals surface area (Å²) in [5.41, 5.74) is 1.77. The molecular weight excluding hydrogens is 314 g/mol. The van der Waals surface area contributed by atoms with Gasteiger partial charge in [-0.1, -0.05) is 25.8 Å². The van der Waals surface area contributed by atoms with Gasteiger partial charge in [-0.3, -0.25) is 0 Å². The maximum Gasteiger partial charge on any atom is 0.130 e. The lowest BCUT2D eigenvalue weighted by molar-refractivity contribution is 0.342. The lowest BCUT2D eigenvalue weighted by atomic mass is 9.79. The summed E-state index contributed by atoms with van der Waals surface area (Å²) in [5, 5.41) is 0. The molecule has 1 fully saturated rings. The SMILES string of the molecule is Cc1c(I)ccc(C2CCC(C)CC2)c1F. The molecule has 2 heteroatoms. The highest BCUT2D eigenvalue weighted by atomic mass is 127. The second-order valence-electron chi connectivity index (χ2n) is 5.03. The van der Waals surface area contributed by atoms with Crippen LogP contribution in [0, 0.1) is 22.2 Å². The zero-order valence-corrected chi connectivity index (χ0v) is 12.1. The van der Waals surface area contributed by atoms with Crippen LogP contribution >= 0.6 is 22.6 Å². The van der Waals surface area contributed by atoms with Crippen molar-refractivity contribution in [1.29, 1.82) is 0 Å². The summed E-state index contributed by atoms with van der Waals surface area (Å²) in [7, 11) is 0. The largest absolute Gasteiger partial charge is 0.206 e. The number of rotatable bonds is 1. The van der Waals surface area contributed by atoms with Gasteiger partial charge in [0.05, 0.1) is 0 Å². The van der Waals surface area contributed by atoms with Crippen LogP contribution in [-0.2, 0) is 0 Å². The first-order valence-corrected chi connectivity index (χ1v) is 7.12. The zero-order valence-electron chi connectivity index (χ0n) is 9.89. The third-order valence-corrected chi connectivity index (χ3v) is 4.97. The monoisotopic (exact) mass is 332 g/mol. The minimum absolute atomic E-state index is 0.0338. The fraction of sp³-hybridized carbons (Fsp3) is 0.571. The fourth-order valence-electron chi connectivity index (χ4n) is 2.57. The molecule has 1 aromatic carbocycles. The van der Waals surface area contributed by atoms with Gasteiger partial charge in [0, 0.05) is 3.57 Å². The molecule has 1 saturated carbocycles. The van der Waals surface area contributed by atoms with Gasteiger partial charge in [0.15, 0.2) is 0 Å². The normalized spacial score (nSPS) is 25.8. The Morgan fingerprint density at radius 1 is 1.19 bits per heavy atom. The van der Waals surface area contributed by atoms with Crippen LogP contribution in [-0.4, -0.2) is 0 Å². The van der Waals surface area contributed by atoms with E-state index in [1.54, 1.807) is 0 Å². The average Bonchev–Trinajstić information content (AvgIpc) is 2.28. The fourth-order valence-corrected chi connectivity index (χ4v) is 2.99. The van der Waals surface area contributed by atoms with Crippen molar-refractivity contribution in [3.05, 3.63) is 32.6 Å². The Morgan fingerprint density at radius 2 is 1.81 bits per heavy atom. The standard InChI is InChI=1S/C14H18FI/c1-9-3-5-11(6-4-9)12-7-8-13(16)10(2)14(12)15/h7-9,11H,3-6H2,1-2H3. The summed E-state index contributed by atoms with van der Waals surface area (Å²) in [4.78, 5) is 0. The number of hydrogen-bond donors (Lipinski definition) is 0. The van der Waals surface area contributed by atoms with Gasteiger partial charge in [-0.05, 0) is 71.4 Å². The van der Waals surface area contributed by atoms with Gasteiger partial charge in [-0.2, -0.15) is 0 Å². The Balaban J connectivity index is 2.24. The third kappa shape index (κ3) is 2.41. The first-order valence-electron chi connectivity index (χ1n) is 6.04. The minimum Gasteiger partial charge on any atom is -0.206 e. The van der Waals surface area contributed by atoms with E-state index in [1.807, 2.05) is 19.1 Å². The van der Waals surface area contributed by atoms with E-state index in [9.17, 15) is 4.39 Å². The van der Waals surface area contributed by atoms with Crippen molar-refractivity contribution >= 4 is 22.6 Å². The quantitative estimate of drug-likeness (QED) is 0.633. The number of halogens is 2. The summed E-state index contributed by atoms with van der Waals surface area (Å²) in [6.45, 7) is 4.18. The summed E-state index contributed by atoms with van der Waals surface area (Å²) >= 11 is 2.20.